The van der Waals surface area contributed by atoms with Crippen molar-refractivity contribution in [1.82, 2.24) is 19.4 Å². The number of hydrogen-bond acceptors (Lipinski definition) is 5. The monoisotopic (exact) mass is 416 g/mol. The van der Waals surface area contributed by atoms with Crippen molar-refractivity contribution < 1.29 is 4.74 Å². The van der Waals surface area contributed by atoms with Crippen LogP contribution < -0.4 is 4.74 Å². The standard InChI is InChI=1S/C22H20N6OS/c1-2-29-20-11-6-4-9-18(20)21-25-26-22(30)28(21)24-14-16-15-27(13-7-12-23)19-10-5-3-8-17(16)19/h3-6,8-11,14-15H,2,7,13H2,1H3,(H,26,30)/b24-14-. The highest BCUT2D eigenvalue weighted by Crippen LogP contribution is 2.28. The van der Waals surface area contributed by atoms with Crippen molar-refractivity contribution in [2.75, 3.05) is 6.61 Å². The molecule has 8 heteroatoms. The smallest absolute Gasteiger partial charge is 0.216 e. The molecule has 0 aliphatic rings. The number of fused-ring (bicyclic) bond motifs is 1. The first kappa shape index (κ1) is 19.6. The van der Waals surface area contributed by atoms with E-state index in [1.807, 2.05) is 61.7 Å². The minimum atomic E-state index is 0.390. The molecule has 150 valence electrons. The van der Waals surface area contributed by atoms with Gasteiger partial charge in [0, 0.05) is 29.2 Å². The molecule has 0 atom stereocenters. The summed E-state index contributed by atoms with van der Waals surface area (Å²) < 4.78 is 9.78. The Morgan fingerprint density at radius 1 is 1.23 bits per heavy atom. The number of nitriles is 1. The number of aromatic amines is 1. The van der Waals surface area contributed by atoms with E-state index in [1.165, 1.54) is 0 Å². The van der Waals surface area contributed by atoms with Crippen LogP contribution in [0.5, 0.6) is 5.75 Å². The summed E-state index contributed by atoms with van der Waals surface area (Å²) >= 11 is 5.40. The van der Waals surface area contributed by atoms with Crippen LogP contribution in [0.1, 0.15) is 18.9 Å². The van der Waals surface area contributed by atoms with Gasteiger partial charge in [-0.05, 0) is 37.3 Å². The summed E-state index contributed by atoms with van der Waals surface area (Å²) in [7, 11) is 0. The molecule has 0 saturated carbocycles. The Morgan fingerprint density at radius 3 is 2.87 bits per heavy atom. The van der Waals surface area contributed by atoms with Crippen molar-refractivity contribution in [2.24, 2.45) is 5.10 Å². The van der Waals surface area contributed by atoms with E-state index in [4.69, 9.17) is 22.2 Å². The lowest BCUT2D eigenvalue weighted by atomic mass is 10.2. The summed E-state index contributed by atoms with van der Waals surface area (Å²) in [5, 5.41) is 21.8. The molecule has 0 bridgehead atoms. The maximum Gasteiger partial charge on any atom is 0.216 e. The lowest BCUT2D eigenvalue weighted by molar-refractivity contribution is 0.341. The fourth-order valence-electron chi connectivity index (χ4n) is 3.36. The van der Waals surface area contributed by atoms with Crippen LogP contribution in [0.4, 0.5) is 0 Å². The minimum absolute atomic E-state index is 0.390. The van der Waals surface area contributed by atoms with Gasteiger partial charge < -0.3 is 9.30 Å². The number of aryl methyl sites for hydroxylation is 1. The van der Waals surface area contributed by atoms with E-state index in [0.717, 1.165) is 27.8 Å². The number of ether oxygens (including phenoxy) is 1. The van der Waals surface area contributed by atoms with E-state index in [2.05, 4.69) is 25.9 Å². The number of rotatable bonds is 7. The van der Waals surface area contributed by atoms with Crippen molar-refractivity contribution in [2.45, 2.75) is 19.9 Å². The molecule has 0 saturated heterocycles. The van der Waals surface area contributed by atoms with Gasteiger partial charge in [0.1, 0.15) is 5.75 Å². The maximum absolute atomic E-state index is 8.94. The Kier molecular flexibility index (Phi) is 5.72. The Labute approximate surface area is 178 Å². The Balaban J connectivity index is 1.76. The largest absolute Gasteiger partial charge is 0.493 e. The van der Waals surface area contributed by atoms with E-state index in [9.17, 15) is 0 Å². The van der Waals surface area contributed by atoms with Gasteiger partial charge in [-0.15, -0.1) is 0 Å². The van der Waals surface area contributed by atoms with Gasteiger partial charge in [0.2, 0.25) is 4.77 Å². The zero-order valence-corrected chi connectivity index (χ0v) is 17.3. The number of para-hydroxylation sites is 2. The van der Waals surface area contributed by atoms with Gasteiger partial charge in [-0.1, -0.05) is 30.3 Å². The third-order valence-corrected chi connectivity index (χ3v) is 4.94. The summed E-state index contributed by atoms with van der Waals surface area (Å²) in [4.78, 5) is 0. The SMILES string of the molecule is CCOc1ccccc1-c1n[nH]c(=S)n1/N=C\c1cn(CCC#N)c2ccccc12. The quantitative estimate of drug-likeness (QED) is 0.348. The average Bonchev–Trinajstić information content (AvgIpc) is 3.31. The molecular formula is C22H20N6OS. The van der Waals surface area contributed by atoms with Crippen molar-refractivity contribution in [3.05, 3.63) is 65.1 Å². The van der Waals surface area contributed by atoms with Gasteiger partial charge >= 0.3 is 0 Å². The minimum Gasteiger partial charge on any atom is -0.493 e. The second-order valence-electron chi connectivity index (χ2n) is 6.54. The number of H-pyrrole nitrogens is 1. The second kappa shape index (κ2) is 8.76. The fraction of sp³-hybridized carbons (Fsp3) is 0.182. The van der Waals surface area contributed by atoms with E-state index in [0.29, 0.717) is 30.2 Å². The van der Waals surface area contributed by atoms with E-state index < -0.39 is 0 Å². The summed E-state index contributed by atoms with van der Waals surface area (Å²) in [6.45, 7) is 3.12. The summed E-state index contributed by atoms with van der Waals surface area (Å²) in [6, 6.07) is 17.9. The molecule has 0 unspecified atom stereocenters. The number of nitrogens with one attached hydrogen (secondary N) is 1. The Morgan fingerprint density at radius 2 is 2.03 bits per heavy atom. The predicted molar refractivity (Wildman–Crippen MR) is 119 cm³/mol. The molecule has 0 amide bonds. The lowest BCUT2D eigenvalue weighted by Gasteiger charge is -2.08. The van der Waals surface area contributed by atoms with Crippen LogP contribution >= 0.6 is 12.2 Å². The van der Waals surface area contributed by atoms with Crippen LogP contribution in [-0.2, 0) is 6.54 Å². The molecule has 0 radical (unpaired) electrons. The number of aromatic nitrogens is 4. The molecule has 2 aromatic heterocycles. The molecule has 1 N–H and O–H groups in total. The van der Waals surface area contributed by atoms with Crippen molar-refractivity contribution >= 4 is 29.3 Å². The molecule has 4 aromatic rings. The molecular weight excluding hydrogens is 396 g/mol. The van der Waals surface area contributed by atoms with Gasteiger partial charge in [0.05, 0.1) is 30.9 Å². The normalized spacial score (nSPS) is 11.2. The van der Waals surface area contributed by atoms with Crippen LogP contribution in [0, 0.1) is 16.1 Å². The zero-order valence-electron chi connectivity index (χ0n) is 16.4. The molecule has 0 fully saturated rings. The van der Waals surface area contributed by atoms with Crippen LogP contribution in [0.2, 0.25) is 0 Å². The highest BCUT2D eigenvalue weighted by molar-refractivity contribution is 7.71. The lowest BCUT2D eigenvalue weighted by Crippen LogP contribution is -1.99. The van der Waals surface area contributed by atoms with Gasteiger partial charge in [0.15, 0.2) is 5.82 Å². The first-order valence-corrected chi connectivity index (χ1v) is 10.0. The predicted octanol–water partition coefficient (Wildman–Crippen LogP) is 4.76. The van der Waals surface area contributed by atoms with Gasteiger partial charge in [-0.3, -0.25) is 0 Å². The van der Waals surface area contributed by atoms with Gasteiger partial charge in [-0.2, -0.15) is 20.1 Å². The molecule has 7 nitrogen and oxygen atoms in total. The molecule has 0 aliphatic heterocycles. The first-order valence-electron chi connectivity index (χ1n) is 9.61. The van der Waals surface area contributed by atoms with Gasteiger partial charge in [-0.25, -0.2) is 5.10 Å². The average molecular weight is 417 g/mol. The Bertz CT molecular complexity index is 1310. The number of hydrogen-bond donors (Lipinski definition) is 1. The third-order valence-electron chi connectivity index (χ3n) is 4.67. The van der Waals surface area contributed by atoms with Crippen LogP contribution in [-0.4, -0.2) is 32.3 Å². The Hall–Kier alpha value is -3.70. The first-order chi connectivity index (χ1) is 14.7. The highest BCUT2D eigenvalue weighted by atomic mass is 32.1. The zero-order chi connectivity index (χ0) is 20.9. The summed E-state index contributed by atoms with van der Waals surface area (Å²) in [5.41, 5.74) is 2.81. The van der Waals surface area contributed by atoms with E-state index in [-0.39, 0.29) is 0 Å². The highest BCUT2D eigenvalue weighted by Gasteiger charge is 2.14. The van der Waals surface area contributed by atoms with Gasteiger partial charge in [0.25, 0.3) is 0 Å². The summed E-state index contributed by atoms with van der Waals surface area (Å²) in [5.74, 6) is 1.30. The molecule has 2 heterocycles. The van der Waals surface area contributed by atoms with Crippen LogP contribution in [0.25, 0.3) is 22.3 Å². The molecule has 30 heavy (non-hydrogen) atoms. The van der Waals surface area contributed by atoms with E-state index in [1.54, 1.807) is 10.9 Å². The third kappa shape index (κ3) is 3.75. The second-order valence-corrected chi connectivity index (χ2v) is 6.93. The van der Waals surface area contributed by atoms with Crippen molar-refractivity contribution in [3.63, 3.8) is 0 Å². The van der Waals surface area contributed by atoms with Crippen molar-refractivity contribution in [3.8, 4) is 23.2 Å². The molecule has 4 rings (SSSR count). The topological polar surface area (TPSA) is 83.9 Å². The fourth-order valence-corrected chi connectivity index (χ4v) is 3.54. The summed E-state index contributed by atoms with van der Waals surface area (Å²) in [6.07, 6.45) is 4.22. The molecule has 0 aliphatic carbocycles. The van der Waals surface area contributed by atoms with Crippen LogP contribution in [0.15, 0.2) is 59.8 Å². The molecule has 0 spiro atoms. The van der Waals surface area contributed by atoms with Crippen molar-refractivity contribution in [1.29, 1.82) is 5.26 Å². The molecule has 2 aromatic carbocycles. The van der Waals surface area contributed by atoms with E-state index >= 15 is 0 Å². The maximum atomic E-state index is 8.94. The number of nitrogens with zero attached hydrogens (tertiary/aromatic N) is 5. The number of benzene rings is 2. The van der Waals surface area contributed by atoms with Crippen LogP contribution in [0.3, 0.4) is 0 Å².